The van der Waals surface area contributed by atoms with Gasteiger partial charge in [0.25, 0.3) is 0 Å². The van der Waals surface area contributed by atoms with Gasteiger partial charge in [-0.25, -0.2) is 4.68 Å². The average molecular weight is 312 g/mol. The Labute approximate surface area is 125 Å². The van der Waals surface area contributed by atoms with E-state index in [9.17, 15) is 13.2 Å². The first-order valence-corrected chi connectivity index (χ1v) is 6.80. The minimum atomic E-state index is -4.33. The van der Waals surface area contributed by atoms with Crippen LogP contribution in [0.4, 0.5) is 24.8 Å². The van der Waals surface area contributed by atoms with Crippen LogP contribution in [0.15, 0.2) is 30.6 Å². The predicted molar refractivity (Wildman–Crippen MR) is 73.8 cm³/mol. The normalized spacial score (nSPS) is 18.4. The lowest BCUT2D eigenvalue weighted by atomic mass is 10.1. The summed E-state index contributed by atoms with van der Waals surface area (Å²) in [5, 5.41) is 4.15. The van der Waals surface area contributed by atoms with Gasteiger partial charge in [-0.05, 0) is 24.3 Å². The van der Waals surface area contributed by atoms with E-state index in [-0.39, 0.29) is 5.92 Å². The van der Waals surface area contributed by atoms with E-state index in [1.807, 2.05) is 4.90 Å². The quantitative estimate of drug-likeness (QED) is 0.874. The van der Waals surface area contributed by atoms with Crippen LogP contribution in [-0.4, -0.2) is 35.0 Å². The van der Waals surface area contributed by atoms with E-state index >= 15 is 0 Å². The molecule has 0 saturated heterocycles. The van der Waals surface area contributed by atoms with Crippen molar-refractivity contribution in [2.75, 3.05) is 25.2 Å². The van der Waals surface area contributed by atoms with Gasteiger partial charge in [0.05, 0.1) is 18.7 Å². The molecule has 5 nitrogen and oxygen atoms in total. The molecule has 0 bridgehead atoms. The molecule has 0 amide bonds. The van der Waals surface area contributed by atoms with Crippen LogP contribution < -0.4 is 4.90 Å². The van der Waals surface area contributed by atoms with Crippen molar-refractivity contribution in [1.29, 1.82) is 0 Å². The minimum Gasteiger partial charge on any atom is -0.384 e. The maximum absolute atomic E-state index is 12.7. The van der Waals surface area contributed by atoms with Crippen molar-refractivity contribution in [1.82, 2.24) is 14.8 Å². The molecule has 0 saturated carbocycles. The number of fused-ring (bicyclic) bond motifs is 1. The smallest absolute Gasteiger partial charge is 0.384 e. The van der Waals surface area contributed by atoms with E-state index < -0.39 is 11.7 Å². The molecule has 1 unspecified atom stereocenters. The summed E-state index contributed by atoms with van der Waals surface area (Å²) in [6.07, 6.45) is -2.89. The summed E-state index contributed by atoms with van der Waals surface area (Å²) in [4.78, 5) is 6.06. The Morgan fingerprint density at radius 1 is 1.23 bits per heavy atom. The Bertz CT molecular complexity index is 638. The zero-order chi connectivity index (χ0) is 15.7. The van der Waals surface area contributed by atoms with E-state index in [0.717, 1.165) is 12.1 Å². The Kier molecular flexibility index (Phi) is 3.78. The first-order valence-electron chi connectivity index (χ1n) is 6.80. The van der Waals surface area contributed by atoms with Crippen LogP contribution in [0.3, 0.4) is 0 Å². The van der Waals surface area contributed by atoms with Crippen LogP contribution in [0.5, 0.6) is 0 Å². The van der Waals surface area contributed by atoms with Gasteiger partial charge in [-0.3, -0.25) is 0 Å². The Morgan fingerprint density at radius 3 is 2.59 bits per heavy atom. The molecule has 1 aliphatic heterocycles. The number of halogens is 3. The maximum Gasteiger partial charge on any atom is 0.416 e. The third-order valence-electron chi connectivity index (χ3n) is 3.62. The van der Waals surface area contributed by atoms with Crippen molar-refractivity contribution < 1.29 is 17.9 Å². The van der Waals surface area contributed by atoms with Gasteiger partial charge in [0, 0.05) is 25.3 Å². The summed E-state index contributed by atoms with van der Waals surface area (Å²) >= 11 is 0. The second-order valence-electron chi connectivity index (χ2n) is 5.22. The molecule has 1 aromatic heterocycles. The van der Waals surface area contributed by atoms with Gasteiger partial charge >= 0.3 is 6.18 Å². The van der Waals surface area contributed by atoms with Crippen LogP contribution in [0.1, 0.15) is 5.56 Å². The van der Waals surface area contributed by atoms with Gasteiger partial charge < -0.3 is 9.64 Å². The van der Waals surface area contributed by atoms with E-state index in [1.165, 1.54) is 18.5 Å². The SMILES string of the molecule is COCC1CN(c2ccc(C(F)(F)F)cc2)c2ncnn2C1. The zero-order valence-electron chi connectivity index (χ0n) is 11.9. The van der Waals surface area contributed by atoms with Gasteiger partial charge in [-0.1, -0.05) is 0 Å². The second kappa shape index (κ2) is 5.60. The molecule has 0 radical (unpaired) electrons. The van der Waals surface area contributed by atoms with Crippen molar-refractivity contribution in [3.8, 4) is 0 Å². The fourth-order valence-electron chi connectivity index (χ4n) is 2.63. The summed E-state index contributed by atoms with van der Waals surface area (Å²) < 4.78 is 44.9. The highest BCUT2D eigenvalue weighted by atomic mass is 19.4. The third kappa shape index (κ3) is 2.78. The van der Waals surface area contributed by atoms with Gasteiger partial charge in [0.15, 0.2) is 0 Å². The van der Waals surface area contributed by atoms with Crippen molar-refractivity contribution in [3.63, 3.8) is 0 Å². The molecule has 22 heavy (non-hydrogen) atoms. The number of methoxy groups -OCH3 is 1. The lowest BCUT2D eigenvalue weighted by Crippen LogP contribution is -2.37. The summed E-state index contributed by atoms with van der Waals surface area (Å²) in [7, 11) is 1.62. The van der Waals surface area contributed by atoms with Crippen LogP contribution in [0, 0.1) is 5.92 Å². The van der Waals surface area contributed by atoms with Gasteiger partial charge in [0.1, 0.15) is 6.33 Å². The van der Waals surface area contributed by atoms with Crippen LogP contribution >= 0.6 is 0 Å². The number of benzene rings is 1. The minimum absolute atomic E-state index is 0.196. The van der Waals surface area contributed by atoms with Gasteiger partial charge in [-0.15, -0.1) is 0 Å². The highest BCUT2D eigenvalue weighted by Crippen LogP contribution is 2.33. The standard InChI is InChI=1S/C14H15F3N4O/c1-22-8-10-6-20(13-18-9-19-21(13)7-10)12-4-2-11(3-5-12)14(15,16)17/h2-5,9-10H,6-8H2,1H3. The molecular formula is C14H15F3N4O. The average Bonchev–Trinajstić information content (AvgIpc) is 2.94. The lowest BCUT2D eigenvalue weighted by Gasteiger charge is -2.33. The van der Waals surface area contributed by atoms with E-state index in [0.29, 0.717) is 31.3 Å². The Morgan fingerprint density at radius 2 is 1.95 bits per heavy atom. The molecular weight excluding hydrogens is 297 g/mol. The number of hydrogen-bond acceptors (Lipinski definition) is 4. The van der Waals surface area contributed by atoms with Crippen LogP contribution in [-0.2, 0) is 17.5 Å². The zero-order valence-corrected chi connectivity index (χ0v) is 11.9. The largest absolute Gasteiger partial charge is 0.416 e. The lowest BCUT2D eigenvalue weighted by molar-refractivity contribution is -0.137. The highest BCUT2D eigenvalue weighted by Gasteiger charge is 2.31. The van der Waals surface area contributed by atoms with Gasteiger partial charge in [-0.2, -0.15) is 23.3 Å². The fraction of sp³-hybridized carbons (Fsp3) is 0.429. The van der Waals surface area contributed by atoms with Crippen molar-refractivity contribution in [2.24, 2.45) is 5.92 Å². The fourth-order valence-corrected chi connectivity index (χ4v) is 2.63. The molecule has 8 heteroatoms. The van der Waals surface area contributed by atoms with Crippen LogP contribution in [0.2, 0.25) is 0 Å². The topological polar surface area (TPSA) is 43.2 Å². The number of alkyl halides is 3. The molecule has 2 heterocycles. The van der Waals surface area contributed by atoms with Crippen molar-refractivity contribution >= 4 is 11.6 Å². The Balaban J connectivity index is 1.90. The molecule has 1 atom stereocenters. The van der Waals surface area contributed by atoms with Crippen molar-refractivity contribution in [3.05, 3.63) is 36.2 Å². The molecule has 2 aromatic rings. The Hall–Kier alpha value is -2.09. The maximum atomic E-state index is 12.7. The number of rotatable bonds is 3. The van der Waals surface area contributed by atoms with Crippen LogP contribution in [0.25, 0.3) is 0 Å². The third-order valence-corrected chi connectivity index (χ3v) is 3.62. The molecule has 1 aromatic carbocycles. The molecule has 3 rings (SSSR count). The predicted octanol–water partition coefficient (Wildman–Crippen LogP) is 2.71. The first-order chi connectivity index (χ1) is 10.5. The molecule has 0 aliphatic carbocycles. The first kappa shape index (κ1) is 14.8. The molecule has 0 spiro atoms. The van der Waals surface area contributed by atoms with E-state index in [4.69, 9.17) is 4.74 Å². The van der Waals surface area contributed by atoms with E-state index in [2.05, 4.69) is 10.1 Å². The number of nitrogens with zero attached hydrogens (tertiary/aromatic N) is 4. The summed E-state index contributed by atoms with van der Waals surface area (Å²) in [6.45, 7) is 1.86. The summed E-state index contributed by atoms with van der Waals surface area (Å²) in [6, 6.07) is 5.07. The summed E-state index contributed by atoms with van der Waals surface area (Å²) in [5.74, 6) is 0.827. The monoisotopic (exact) mass is 312 g/mol. The highest BCUT2D eigenvalue weighted by molar-refractivity contribution is 5.58. The molecule has 118 valence electrons. The van der Waals surface area contributed by atoms with E-state index in [1.54, 1.807) is 11.8 Å². The molecule has 0 N–H and O–H groups in total. The van der Waals surface area contributed by atoms with Crippen molar-refractivity contribution in [2.45, 2.75) is 12.7 Å². The molecule has 1 aliphatic rings. The number of hydrogen-bond donors (Lipinski definition) is 0. The second-order valence-corrected chi connectivity index (χ2v) is 5.22. The number of aromatic nitrogens is 3. The van der Waals surface area contributed by atoms with Gasteiger partial charge in [0.2, 0.25) is 5.95 Å². The number of anilines is 2. The summed E-state index contributed by atoms with van der Waals surface area (Å²) in [5.41, 5.74) is -0.00813. The number of ether oxygens (including phenoxy) is 1. The molecule has 0 fully saturated rings.